The van der Waals surface area contributed by atoms with Crippen molar-refractivity contribution in [3.63, 3.8) is 0 Å². The van der Waals surface area contributed by atoms with E-state index in [0.717, 1.165) is 27.6 Å². The first kappa shape index (κ1) is 15.7. The van der Waals surface area contributed by atoms with Crippen molar-refractivity contribution in [1.82, 2.24) is 4.98 Å². The highest BCUT2D eigenvalue weighted by atomic mass is 16.5. The topological polar surface area (TPSA) is 68.3 Å². The normalized spacial score (nSPS) is 10.3. The molecule has 0 atom stereocenters. The molecular weight excluding hydrogens is 304 g/mol. The van der Waals surface area contributed by atoms with Gasteiger partial charge in [0.1, 0.15) is 6.61 Å². The number of nitrogens with one attached hydrogen (secondary N) is 1. The zero-order valence-electron chi connectivity index (χ0n) is 12.9. The third-order valence-corrected chi connectivity index (χ3v) is 3.63. The van der Waals surface area contributed by atoms with E-state index in [2.05, 4.69) is 10.3 Å². The Hall–Kier alpha value is -3.21. The van der Waals surface area contributed by atoms with Gasteiger partial charge in [-0.2, -0.15) is 0 Å². The molecule has 0 saturated heterocycles. The number of aromatic nitrogens is 1. The first-order valence-electron chi connectivity index (χ1n) is 7.51. The van der Waals surface area contributed by atoms with Gasteiger partial charge in [0.25, 0.3) is 6.47 Å². The highest BCUT2D eigenvalue weighted by Crippen LogP contribution is 2.18. The van der Waals surface area contributed by atoms with Gasteiger partial charge in [0.2, 0.25) is 5.91 Å². The van der Waals surface area contributed by atoms with Crippen molar-refractivity contribution in [3.05, 3.63) is 72.1 Å². The molecule has 0 aliphatic carbocycles. The van der Waals surface area contributed by atoms with Crippen LogP contribution in [-0.4, -0.2) is 17.4 Å². The maximum absolute atomic E-state index is 12.2. The Labute approximate surface area is 139 Å². The maximum Gasteiger partial charge on any atom is 0.293 e. The van der Waals surface area contributed by atoms with Gasteiger partial charge in [-0.25, -0.2) is 0 Å². The van der Waals surface area contributed by atoms with Gasteiger partial charge in [-0.1, -0.05) is 30.3 Å². The first-order chi connectivity index (χ1) is 11.7. The summed E-state index contributed by atoms with van der Waals surface area (Å²) in [4.78, 5) is 26.4. The number of fused-ring (bicyclic) bond motifs is 1. The van der Waals surface area contributed by atoms with Gasteiger partial charge in [-0.3, -0.25) is 14.6 Å². The Morgan fingerprint density at radius 1 is 1.04 bits per heavy atom. The zero-order valence-corrected chi connectivity index (χ0v) is 12.9. The summed E-state index contributed by atoms with van der Waals surface area (Å²) in [5, 5.41) is 4.96. The van der Waals surface area contributed by atoms with Gasteiger partial charge in [-0.05, 0) is 34.7 Å². The molecule has 1 amide bonds. The van der Waals surface area contributed by atoms with E-state index in [4.69, 9.17) is 4.74 Å². The quantitative estimate of drug-likeness (QED) is 0.709. The van der Waals surface area contributed by atoms with Crippen LogP contribution in [0.15, 0.2) is 60.9 Å². The zero-order chi connectivity index (χ0) is 16.8. The van der Waals surface area contributed by atoms with Crippen LogP contribution in [0.4, 0.5) is 5.69 Å². The van der Waals surface area contributed by atoms with Crippen LogP contribution >= 0.6 is 0 Å². The van der Waals surface area contributed by atoms with Crippen molar-refractivity contribution in [3.8, 4) is 0 Å². The van der Waals surface area contributed by atoms with E-state index in [1.807, 2.05) is 48.5 Å². The van der Waals surface area contributed by atoms with Gasteiger partial charge >= 0.3 is 0 Å². The maximum atomic E-state index is 12.2. The molecule has 0 spiro atoms. The number of pyridine rings is 1. The third-order valence-electron chi connectivity index (χ3n) is 3.63. The molecule has 0 unspecified atom stereocenters. The molecule has 0 bridgehead atoms. The third kappa shape index (κ3) is 3.95. The van der Waals surface area contributed by atoms with Gasteiger partial charge in [0.15, 0.2) is 0 Å². The second-order valence-corrected chi connectivity index (χ2v) is 5.39. The lowest BCUT2D eigenvalue weighted by atomic mass is 10.1. The monoisotopic (exact) mass is 320 g/mol. The number of nitrogens with zero attached hydrogens (tertiary/aromatic N) is 1. The first-order valence-corrected chi connectivity index (χ1v) is 7.51. The fourth-order valence-electron chi connectivity index (χ4n) is 2.44. The summed E-state index contributed by atoms with van der Waals surface area (Å²) in [6.45, 7) is 0.656. The number of hydrogen-bond donors (Lipinski definition) is 1. The van der Waals surface area contributed by atoms with Crippen LogP contribution in [0.5, 0.6) is 0 Å². The summed E-state index contributed by atoms with van der Waals surface area (Å²) < 4.78 is 4.69. The molecule has 0 radical (unpaired) electrons. The fraction of sp³-hybridized carbons (Fsp3) is 0.105. The van der Waals surface area contributed by atoms with E-state index in [9.17, 15) is 9.59 Å². The number of carbonyl (C=O) groups excluding carboxylic acids is 2. The lowest BCUT2D eigenvalue weighted by Crippen LogP contribution is -2.14. The Kier molecular flexibility index (Phi) is 4.81. The molecule has 0 saturated carbocycles. The Morgan fingerprint density at radius 2 is 1.83 bits per heavy atom. The highest BCUT2D eigenvalue weighted by Gasteiger charge is 2.05. The second kappa shape index (κ2) is 7.37. The minimum absolute atomic E-state index is 0.0831. The molecule has 0 aliphatic heterocycles. The summed E-state index contributed by atoms with van der Waals surface area (Å²) in [5.74, 6) is -0.0831. The predicted octanol–water partition coefficient (Wildman–Crippen LogP) is 3.09. The van der Waals surface area contributed by atoms with Crippen molar-refractivity contribution < 1.29 is 14.3 Å². The Bertz CT molecular complexity index is 860. The van der Waals surface area contributed by atoms with E-state index in [1.54, 1.807) is 12.4 Å². The van der Waals surface area contributed by atoms with Crippen molar-refractivity contribution in [2.75, 3.05) is 5.32 Å². The molecule has 5 heteroatoms. The summed E-state index contributed by atoms with van der Waals surface area (Å²) >= 11 is 0. The molecule has 1 aromatic heterocycles. The molecule has 5 nitrogen and oxygen atoms in total. The van der Waals surface area contributed by atoms with Crippen LogP contribution in [0.2, 0.25) is 0 Å². The van der Waals surface area contributed by atoms with Crippen LogP contribution in [0.1, 0.15) is 11.1 Å². The van der Waals surface area contributed by atoms with Gasteiger partial charge in [-0.15, -0.1) is 0 Å². The lowest BCUT2D eigenvalue weighted by molar-refractivity contribution is -0.129. The van der Waals surface area contributed by atoms with E-state index in [1.165, 1.54) is 0 Å². The predicted molar refractivity (Wildman–Crippen MR) is 91.4 cm³/mol. The summed E-state index contributed by atoms with van der Waals surface area (Å²) in [5.41, 5.74) is 2.54. The molecule has 1 N–H and O–H groups in total. The SMILES string of the molecule is O=COCc1ccc(CC(=O)Nc2ccc3cnccc3c2)cc1. The van der Waals surface area contributed by atoms with Gasteiger partial charge in [0, 0.05) is 23.5 Å². The largest absolute Gasteiger partial charge is 0.463 e. The van der Waals surface area contributed by atoms with E-state index in [-0.39, 0.29) is 18.9 Å². The average Bonchev–Trinajstić information content (AvgIpc) is 2.61. The van der Waals surface area contributed by atoms with E-state index in [0.29, 0.717) is 6.47 Å². The van der Waals surface area contributed by atoms with Crippen molar-refractivity contribution in [2.24, 2.45) is 0 Å². The summed E-state index contributed by atoms with van der Waals surface area (Å²) in [7, 11) is 0. The van der Waals surface area contributed by atoms with Crippen LogP contribution in [0.25, 0.3) is 10.8 Å². The number of ether oxygens (including phenoxy) is 1. The lowest BCUT2D eigenvalue weighted by Gasteiger charge is -2.07. The summed E-state index contributed by atoms with van der Waals surface area (Å²) in [6.07, 6.45) is 3.80. The average molecular weight is 320 g/mol. The van der Waals surface area contributed by atoms with E-state index >= 15 is 0 Å². The van der Waals surface area contributed by atoms with Gasteiger partial charge in [0.05, 0.1) is 6.42 Å². The minimum Gasteiger partial charge on any atom is -0.463 e. The number of anilines is 1. The number of amides is 1. The van der Waals surface area contributed by atoms with Crippen LogP contribution in [0.3, 0.4) is 0 Å². The summed E-state index contributed by atoms with van der Waals surface area (Å²) in [6, 6.07) is 15.0. The number of carbonyl (C=O) groups is 2. The molecule has 0 fully saturated rings. The van der Waals surface area contributed by atoms with Crippen molar-refractivity contribution in [1.29, 1.82) is 0 Å². The van der Waals surface area contributed by atoms with Crippen LogP contribution in [-0.2, 0) is 27.4 Å². The standard InChI is InChI=1S/C19H16N2O3/c22-13-24-12-15-3-1-14(2-4-15)9-19(23)21-18-6-5-17-11-20-8-7-16(17)10-18/h1-8,10-11,13H,9,12H2,(H,21,23). The molecule has 120 valence electrons. The molecule has 1 heterocycles. The smallest absolute Gasteiger partial charge is 0.293 e. The van der Waals surface area contributed by atoms with Gasteiger partial charge < -0.3 is 10.1 Å². The fourth-order valence-corrected chi connectivity index (χ4v) is 2.44. The number of benzene rings is 2. The highest BCUT2D eigenvalue weighted by molar-refractivity contribution is 5.95. The van der Waals surface area contributed by atoms with Crippen molar-refractivity contribution >= 4 is 28.8 Å². The molecule has 0 aliphatic rings. The van der Waals surface area contributed by atoms with Crippen molar-refractivity contribution in [2.45, 2.75) is 13.0 Å². The number of rotatable bonds is 6. The minimum atomic E-state index is -0.0831. The second-order valence-electron chi connectivity index (χ2n) is 5.39. The number of hydrogen-bond acceptors (Lipinski definition) is 4. The molecule has 3 aromatic rings. The van der Waals surface area contributed by atoms with E-state index < -0.39 is 0 Å². The Balaban J connectivity index is 1.62. The molecule has 3 rings (SSSR count). The van der Waals surface area contributed by atoms with Crippen LogP contribution < -0.4 is 5.32 Å². The molecule has 24 heavy (non-hydrogen) atoms. The molecule has 2 aromatic carbocycles. The molecular formula is C19H16N2O3. The Morgan fingerprint density at radius 3 is 2.62 bits per heavy atom. The van der Waals surface area contributed by atoms with Crippen LogP contribution in [0, 0.1) is 0 Å².